The molecule has 0 aromatic carbocycles. The highest BCUT2D eigenvalue weighted by atomic mass is 79.9. The molecule has 0 unspecified atom stereocenters. The maximum atomic E-state index is 12.5. The van der Waals surface area contributed by atoms with Crippen molar-refractivity contribution in [1.82, 2.24) is 4.57 Å². The number of alkyl halides is 3. The van der Waals surface area contributed by atoms with Gasteiger partial charge in [-0.1, -0.05) is 6.08 Å². The number of allylic oxidation sites excluding steroid dienone is 1. The first-order valence-electron chi connectivity index (χ1n) is 4.87. The number of aromatic nitrogens is 1. The number of rotatable bonds is 3. The molecule has 0 amide bonds. The van der Waals surface area contributed by atoms with E-state index < -0.39 is 17.3 Å². The molecule has 94 valence electrons. The van der Waals surface area contributed by atoms with Crippen molar-refractivity contribution in [3.63, 3.8) is 0 Å². The zero-order chi connectivity index (χ0) is 13.2. The molecule has 0 fully saturated rings. The maximum absolute atomic E-state index is 12.5. The quantitative estimate of drug-likeness (QED) is 0.779. The highest BCUT2D eigenvalue weighted by Crippen LogP contribution is 2.33. The fraction of sp³-hybridized carbons (Fsp3) is 0.364. The maximum Gasteiger partial charge on any atom is 0.417 e. The Morgan fingerprint density at radius 3 is 2.65 bits per heavy atom. The van der Waals surface area contributed by atoms with Gasteiger partial charge in [-0.05, 0) is 29.3 Å². The summed E-state index contributed by atoms with van der Waals surface area (Å²) in [6, 6.07) is 0.377. The lowest BCUT2D eigenvalue weighted by Gasteiger charge is -2.16. The highest BCUT2D eigenvalue weighted by Gasteiger charge is 2.34. The number of halogens is 4. The Morgan fingerprint density at radius 1 is 1.59 bits per heavy atom. The standard InChI is InChI=1S/C11H11BrF3NO/c1-3-4-7(2)16-6-9(12)8(5-10(16)17)11(13,14)15/h3,5-7H,1,4H2,2H3/t7-/m0/s1. The van der Waals surface area contributed by atoms with Gasteiger partial charge in [-0.15, -0.1) is 6.58 Å². The van der Waals surface area contributed by atoms with E-state index in [1.807, 2.05) is 0 Å². The average molecular weight is 310 g/mol. The largest absolute Gasteiger partial charge is 0.417 e. The second-order valence-corrected chi connectivity index (χ2v) is 4.51. The third-order valence-corrected chi connectivity index (χ3v) is 2.95. The molecule has 1 aromatic rings. The van der Waals surface area contributed by atoms with E-state index in [0.29, 0.717) is 12.5 Å². The molecule has 0 bridgehead atoms. The van der Waals surface area contributed by atoms with Gasteiger partial charge in [0.15, 0.2) is 0 Å². The molecule has 0 saturated heterocycles. The summed E-state index contributed by atoms with van der Waals surface area (Å²) in [5.74, 6) is 0. The van der Waals surface area contributed by atoms with Crippen molar-refractivity contribution in [3.05, 3.63) is 45.3 Å². The number of hydrogen-bond donors (Lipinski definition) is 0. The van der Waals surface area contributed by atoms with Crippen LogP contribution < -0.4 is 5.56 Å². The van der Waals surface area contributed by atoms with Crippen LogP contribution in [0.15, 0.2) is 34.2 Å². The van der Waals surface area contributed by atoms with Crippen molar-refractivity contribution in [2.75, 3.05) is 0 Å². The lowest BCUT2D eigenvalue weighted by Crippen LogP contribution is -2.24. The fourth-order valence-electron chi connectivity index (χ4n) is 1.44. The molecule has 0 saturated carbocycles. The fourth-order valence-corrected chi connectivity index (χ4v) is 2.00. The lowest BCUT2D eigenvalue weighted by atomic mass is 10.2. The SMILES string of the molecule is C=CC[C@H](C)n1cc(Br)c(C(F)(F)F)cc1=O. The first-order chi connectivity index (χ1) is 7.77. The van der Waals surface area contributed by atoms with Crippen LogP contribution in [0.5, 0.6) is 0 Å². The predicted molar refractivity (Wildman–Crippen MR) is 62.9 cm³/mol. The zero-order valence-corrected chi connectivity index (χ0v) is 10.7. The zero-order valence-electron chi connectivity index (χ0n) is 9.09. The van der Waals surface area contributed by atoms with Gasteiger partial charge in [0, 0.05) is 22.8 Å². The smallest absolute Gasteiger partial charge is 0.311 e. The van der Waals surface area contributed by atoms with Crippen molar-refractivity contribution >= 4 is 15.9 Å². The van der Waals surface area contributed by atoms with Crippen LogP contribution in [0.4, 0.5) is 13.2 Å². The third-order valence-electron chi connectivity index (χ3n) is 2.32. The molecule has 1 rings (SSSR count). The number of hydrogen-bond acceptors (Lipinski definition) is 1. The molecule has 1 heterocycles. The first-order valence-corrected chi connectivity index (χ1v) is 5.66. The van der Waals surface area contributed by atoms with Crippen LogP contribution in [0.2, 0.25) is 0 Å². The monoisotopic (exact) mass is 309 g/mol. The molecule has 0 aliphatic rings. The summed E-state index contributed by atoms with van der Waals surface area (Å²) in [6.45, 7) is 5.27. The van der Waals surface area contributed by atoms with E-state index in [2.05, 4.69) is 22.5 Å². The molecule has 1 aromatic heterocycles. The molecule has 0 N–H and O–H groups in total. The van der Waals surface area contributed by atoms with E-state index in [-0.39, 0.29) is 10.5 Å². The Kier molecular flexibility index (Phi) is 4.19. The molecule has 1 atom stereocenters. The predicted octanol–water partition coefficient (Wildman–Crippen LogP) is 3.77. The van der Waals surface area contributed by atoms with Crippen molar-refractivity contribution in [2.45, 2.75) is 25.6 Å². The Balaban J connectivity index is 3.28. The summed E-state index contributed by atoms with van der Waals surface area (Å²) in [7, 11) is 0. The van der Waals surface area contributed by atoms with Gasteiger partial charge in [-0.2, -0.15) is 13.2 Å². The minimum Gasteiger partial charge on any atom is -0.311 e. The van der Waals surface area contributed by atoms with Crippen LogP contribution in [0.25, 0.3) is 0 Å². The second-order valence-electron chi connectivity index (χ2n) is 3.65. The van der Waals surface area contributed by atoms with E-state index in [9.17, 15) is 18.0 Å². The van der Waals surface area contributed by atoms with Crippen LogP contribution in [0.3, 0.4) is 0 Å². The molecular formula is C11H11BrF3NO. The van der Waals surface area contributed by atoms with E-state index in [0.717, 1.165) is 0 Å². The summed E-state index contributed by atoms with van der Waals surface area (Å²) >= 11 is 2.83. The molecule has 0 spiro atoms. The third kappa shape index (κ3) is 3.21. The molecule has 17 heavy (non-hydrogen) atoms. The highest BCUT2D eigenvalue weighted by molar-refractivity contribution is 9.10. The van der Waals surface area contributed by atoms with Gasteiger partial charge >= 0.3 is 6.18 Å². The number of nitrogens with zero attached hydrogens (tertiary/aromatic N) is 1. The van der Waals surface area contributed by atoms with Gasteiger partial charge in [0.2, 0.25) is 0 Å². The number of pyridine rings is 1. The van der Waals surface area contributed by atoms with Crippen LogP contribution in [0.1, 0.15) is 24.9 Å². The summed E-state index contributed by atoms with van der Waals surface area (Å²) in [6.07, 6.45) is -1.24. The van der Waals surface area contributed by atoms with Gasteiger partial charge in [0.05, 0.1) is 5.56 Å². The molecule has 0 aliphatic heterocycles. The van der Waals surface area contributed by atoms with Gasteiger partial charge in [0.1, 0.15) is 0 Å². The first kappa shape index (κ1) is 14.0. The van der Waals surface area contributed by atoms with E-state index in [1.165, 1.54) is 10.8 Å². The van der Waals surface area contributed by atoms with Crippen LogP contribution in [-0.2, 0) is 6.18 Å². The Labute approximate surface area is 105 Å². The van der Waals surface area contributed by atoms with E-state index in [1.54, 1.807) is 13.0 Å². The summed E-state index contributed by atoms with van der Waals surface area (Å²) in [5, 5.41) is 0. The topological polar surface area (TPSA) is 22.0 Å². The Hall–Kier alpha value is -1.04. The normalized spacial score (nSPS) is 13.5. The summed E-state index contributed by atoms with van der Waals surface area (Å²) < 4.78 is 38.7. The Bertz CT molecular complexity index is 479. The van der Waals surface area contributed by atoms with Gasteiger partial charge in [0.25, 0.3) is 5.56 Å². The lowest BCUT2D eigenvalue weighted by molar-refractivity contribution is -0.138. The van der Waals surface area contributed by atoms with Crippen molar-refractivity contribution in [1.29, 1.82) is 0 Å². The molecular weight excluding hydrogens is 299 g/mol. The van der Waals surface area contributed by atoms with Gasteiger partial charge < -0.3 is 4.57 Å². The summed E-state index contributed by atoms with van der Waals surface area (Å²) in [5.41, 5.74) is -1.63. The minimum atomic E-state index is -4.53. The van der Waals surface area contributed by atoms with Crippen molar-refractivity contribution in [2.24, 2.45) is 0 Å². The van der Waals surface area contributed by atoms with Crippen molar-refractivity contribution < 1.29 is 13.2 Å². The van der Waals surface area contributed by atoms with E-state index >= 15 is 0 Å². The van der Waals surface area contributed by atoms with Crippen LogP contribution in [0, 0.1) is 0 Å². The van der Waals surface area contributed by atoms with Crippen LogP contribution >= 0.6 is 15.9 Å². The molecule has 0 aliphatic carbocycles. The minimum absolute atomic E-state index is 0.138. The van der Waals surface area contributed by atoms with Gasteiger partial charge in [-0.3, -0.25) is 4.79 Å². The average Bonchev–Trinajstić information content (AvgIpc) is 2.19. The summed E-state index contributed by atoms with van der Waals surface area (Å²) in [4.78, 5) is 11.6. The van der Waals surface area contributed by atoms with Crippen molar-refractivity contribution in [3.8, 4) is 0 Å². The Morgan fingerprint density at radius 2 is 2.18 bits per heavy atom. The second kappa shape index (κ2) is 5.08. The van der Waals surface area contributed by atoms with Gasteiger partial charge in [-0.25, -0.2) is 0 Å². The molecule has 2 nitrogen and oxygen atoms in total. The molecule has 6 heteroatoms. The molecule has 0 radical (unpaired) electrons. The van der Waals surface area contributed by atoms with E-state index in [4.69, 9.17) is 0 Å². The van der Waals surface area contributed by atoms with Crippen LogP contribution in [-0.4, -0.2) is 4.57 Å².